The number of thioether (sulfide) groups is 1. The highest BCUT2D eigenvalue weighted by molar-refractivity contribution is 7.98. The van der Waals surface area contributed by atoms with E-state index in [1.807, 2.05) is 24.3 Å². The van der Waals surface area contributed by atoms with Gasteiger partial charge in [-0.15, -0.1) is 5.10 Å². The predicted octanol–water partition coefficient (Wildman–Crippen LogP) is 2.05. The summed E-state index contributed by atoms with van der Waals surface area (Å²) in [5, 5.41) is 7.34. The first-order valence-corrected chi connectivity index (χ1v) is 8.27. The number of hydrogen-bond donors (Lipinski definition) is 1. The standard InChI is InChI=1S/C15H19N3O3S/c1-20-12-5-2-4-11(8-12)10-22-15-17-16-14(19)18(15)9-13-6-3-7-21-13/h2,4-5,8,13H,3,6-7,9-10H2,1H3,(H,16,19). The maximum Gasteiger partial charge on any atom is 0.344 e. The second kappa shape index (κ2) is 7.02. The summed E-state index contributed by atoms with van der Waals surface area (Å²) in [5.74, 6) is 1.56. The van der Waals surface area contributed by atoms with Gasteiger partial charge in [-0.25, -0.2) is 9.89 Å². The van der Waals surface area contributed by atoms with Crippen molar-refractivity contribution in [3.63, 3.8) is 0 Å². The number of aromatic amines is 1. The fourth-order valence-electron chi connectivity index (χ4n) is 2.48. The summed E-state index contributed by atoms with van der Waals surface area (Å²) in [7, 11) is 1.65. The van der Waals surface area contributed by atoms with Crippen LogP contribution in [-0.2, 0) is 17.0 Å². The number of H-pyrrole nitrogens is 1. The van der Waals surface area contributed by atoms with Crippen molar-refractivity contribution in [1.82, 2.24) is 14.8 Å². The molecule has 0 bridgehead atoms. The Kier molecular flexibility index (Phi) is 4.84. The van der Waals surface area contributed by atoms with Gasteiger partial charge in [-0.3, -0.25) is 4.57 Å². The van der Waals surface area contributed by atoms with Crippen molar-refractivity contribution < 1.29 is 9.47 Å². The van der Waals surface area contributed by atoms with Crippen LogP contribution in [-0.4, -0.2) is 34.6 Å². The quantitative estimate of drug-likeness (QED) is 0.825. The van der Waals surface area contributed by atoms with Crippen LogP contribution in [0.5, 0.6) is 5.75 Å². The number of benzene rings is 1. The van der Waals surface area contributed by atoms with Crippen LogP contribution in [0.3, 0.4) is 0 Å². The van der Waals surface area contributed by atoms with Crippen LogP contribution >= 0.6 is 11.8 Å². The Hall–Kier alpha value is -1.73. The normalized spacial score (nSPS) is 17.8. The first kappa shape index (κ1) is 15.2. The molecular formula is C15H19N3O3S. The molecule has 1 aromatic carbocycles. The minimum atomic E-state index is -0.177. The molecule has 1 fully saturated rings. The second-order valence-corrected chi connectivity index (χ2v) is 6.14. The number of nitrogens with one attached hydrogen (secondary N) is 1. The first-order chi connectivity index (χ1) is 10.8. The van der Waals surface area contributed by atoms with Gasteiger partial charge in [-0.2, -0.15) is 0 Å². The highest BCUT2D eigenvalue weighted by Crippen LogP contribution is 2.23. The fourth-order valence-corrected chi connectivity index (χ4v) is 3.38. The molecule has 2 aromatic rings. The van der Waals surface area contributed by atoms with Crippen LogP contribution in [0.2, 0.25) is 0 Å². The van der Waals surface area contributed by atoms with Gasteiger partial charge in [0.25, 0.3) is 0 Å². The van der Waals surface area contributed by atoms with Gasteiger partial charge >= 0.3 is 5.69 Å². The van der Waals surface area contributed by atoms with Gasteiger partial charge in [0.1, 0.15) is 5.75 Å². The topological polar surface area (TPSA) is 69.1 Å². The minimum absolute atomic E-state index is 0.117. The van der Waals surface area contributed by atoms with Crippen molar-refractivity contribution in [3.8, 4) is 5.75 Å². The zero-order valence-electron chi connectivity index (χ0n) is 12.4. The van der Waals surface area contributed by atoms with E-state index >= 15 is 0 Å². The molecule has 0 saturated carbocycles. The average Bonchev–Trinajstić information content (AvgIpc) is 3.17. The van der Waals surface area contributed by atoms with E-state index in [0.717, 1.165) is 36.5 Å². The van der Waals surface area contributed by atoms with E-state index in [2.05, 4.69) is 10.2 Å². The van der Waals surface area contributed by atoms with Crippen LogP contribution in [0.15, 0.2) is 34.2 Å². The van der Waals surface area contributed by atoms with E-state index in [-0.39, 0.29) is 11.8 Å². The molecule has 1 aromatic heterocycles. The molecule has 0 aliphatic carbocycles. The zero-order chi connectivity index (χ0) is 15.4. The van der Waals surface area contributed by atoms with Crippen molar-refractivity contribution in [3.05, 3.63) is 40.3 Å². The molecule has 1 aliphatic rings. The summed E-state index contributed by atoms with van der Waals surface area (Å²) >= 11 is 1.53. The molecule has 2 heterocycles. The highest BCUT2D eigenvalue weighted by atomic mass is 32.2. The molecule has 22 heavy (non-hydrogen) atoms. The third kappa shape index (κ3) is 3.53. The molecule has 1 aliphatic heterocycles. The lowest BCUT2D eigenvalue weighted by atomic mass is 10.2. The van der Waals surface area contributed by atoms with Crippen LogP contribution in [0.4, 0.5) is 0 Å². The summed E-state index contributed by atoms with van der Waals surface area (Å²) in [4.78, 5) is 11.9. The van der Waals surface area contributed by atoms with Crippen molar-refractivity contribution in [2.75, 3.05) is 13.7 Å². The van der Waals surface area contributed by atoms with Gasteiger partial charge in [0.2, 0.25) is 0 Å². The van der Waals surface area contributed by atoms with Gasteiger partial charge < -0.3 is 9.47 Å². The van der Waals surface area contributed by atoms with Crippen molar-refractivity contribution in [1.29, 1.82) is 0 Å². The maximum atomic E-state index is 11.9. The highest BCUT2D eigenvalue weighted by Gasteiger charge is 2.19. The Bertz CT molecular complexity index is 677. The number of ether oxygens (including phenoxy) is 2. The van der Waals surface area contributed by atoms with Crippen molar-refractivity contribution in [2.45, 2.75) is 36.4 Å². The Labute approximate surface area is 132 Å². The average molecular weight is 321 g/mol. The molecule has 1 unspecified atom stereocenters. The summed E-state index contributed by atoms with van der Waals surface area (Å²) in [6.07, 6.45) is 2.17. The lowest BCUT2D eigenvalue weighted by molar-refractivity contribution is 0.0941. The van der Waals surface area contributed by atoms with Crippen molar-refractivity contribution in [2.24, 2.45) is 0 Å². The number of hydrogen-bond acceptors (Lipinski definition) is 5. The largest absolute Gasteiger partial charge is 0.497 e. The summed E-state index contributed by atoms with van der Waals surface area (Å²) in [6.45, 7) is 1.35. The fraction of sp³-hybridized carbons (Fsp3) is 0.467. The molecule has 3 rings (SSSR count). The van der Waals surface area contributed by atoms with Crippen LogP contribution in [0.1, 0.15) is 18.4 Å². The van der Waals surface area contributed by atoms with E-state index in [4.69, 9.17) is 9.47 Å². The molecule has 0 spiro atoms. The van der Waals surface area contributed by atoms with E-state index in [9.17, 15) is 4.79 Å². The molecular weight excluding hydrogens is 302 g/mol. The molecule has 1 saturated heterocycles. The predicted molar refractivity (Wildman–Crippen MR) is 84.4 cm³/mol. The molecule has 0 amide bonds. The number of methoxy groups -OCH3 is 1. The van der Waals surface area contributed by atoms with Gasteiger partial charge in [0.05, 0.1) is 19.8 Å². The number of rotatable bonds is 6. The smallest absolute Gasteiger partial charge is 0.344 e. The summed E-state index contributed by atoms with van der Waals surface area (Å²) < 4.78 is 12.5. The van der Waals surface area contributed by atoms with Crippen LogP contribution < -0.4 is 10.4 Å². The molecule has 6 nitrogen and oxygen atoms in total. The minimum Gasteiger partial charge on any atom is -0.497 e. The Morgan fingerprint density at radius 3 is 3.23 bits per heavy atom. The molecule has 0 radical (unpaired) electrons. The van der Waals surface area contributed by atoms with Gasteiger partial charge in [0, 0.05) is 12.4 Å². The van der Waals surface area contributed by atoms with Crippen LogP contribution in [0, 0.1) is 0 Å². The zero-order valence-corrected chi connectivity index (χ0v) is 13.3. The lowest BCUT2D eigenvalue weighted by Crippen LogP contribution is -2.24. The monoisotopic (exact) mass is 321 g/mol. The lowest BCUT2D eigenvalue weighted by Gasteiger charge is -2.11. The summed E-state index contributed by atoms with van der Waals surface area (Å²) in [6, 6.07) is 7.89. The number of nitrogens with zero attached hydrogens (tertiary/aromatic N) is 2. The van der Waals surface area contributed by atoms with E-state index in [0.29, 0.717) is 11.7 Å². The Morgan fingerprint density at radius 2 is 2.45 bits per heavy atom. The second-order valence-electron chi connectivity index (χ2n) is 5.20. The van der Waals surface area contributed by atoms with E-state index in [1.54, 1.807) is 11.7 Å². The molecule has 1 atom stereocenters. The third-order valence-electron chi connectivity index (χ3n) is 3.64. The number of aromatic nitrogens is 3. The SMILES string of the molecule is COc1cccc(CSc2n[nH]c(=O)n2CC2CCCO2)c1. The van der Waals surface area contributed by atoms with Gasteiger partial charge in [-0.05, 0) is 30.5 Å². The van der Waals surface area contributed by atoms with E-state index in [1.165, 1.54) is 11.8 Å². The van der Waals surface area contributed by atoms with Crippen LogP contribution in [0.25, 0.3) is 0 Å². The first-order valence-electron chi connectivity index (χ1n) is 7.29. The molecule has 7 heteroatoms. The third-order valence-corrected chi connectivity index (χ3v) is 4.68. The molecule has 118 valence electrons. The van der Waals surface area contributed by atoms with Gasteiger partial charge in [0.15, 0.2) is 5.16 Å². The van der Waals surface area contributed by atoms with Crippen molar-refractivity contribution >= 4 is 11.8 Å². The van der Waals surface area contributed by atoms with E-state index < -0.39 is 0 Å². The van der Waals surface area contributed by atoms with Gasteiger partial charge in [-0.1, -0.05) is 23.9 Å². The Balaban J connectivity index is 1.68. The maximum absolute atomic E-state index is 11.9. The molecule has 1 N–H and O–H groups in total. The summed E-state index contributed by atoms with van der Waals surface area (Å²) in [5.41, 5.74) is 0.951. The Morgan fingerprint density at radius 1 is 1.55 bits per heavy atom.